The number of benzene rings is 2. The van der Waals surface area contributed by atoms with E-state index in [2.05, 4.69) is 74.0 Å². The van der Waals surface area contributed by atoms with Crippen molar-refractivity contribution in [1.29, 1.82) is 0 Å². The zero-order chi connectivity index (χ0) is 13.4. The standard InChI is InChI=1S/C18H19N/c1-4-16-18(14-11-9-13(2)10-12-14)15-7-5-6-8-17(15)19(16)3/h5-12H,4H2,1-3H3. The molecule has 0 N–H and O–H groups in total. The van der Waals surface area contributed by atoms with Gasteiger partial charge in [-0.05, 0) is 25.0 Å². The summed E-state index contributed by atoms with van der Waals surface area (Å²) in [5.41, 5.74) is 6.74. The van der Waals surface area contributed by atoms with Crippen molar-refractivity contribution in [1.82, 2.24) is 4.57 Å². The van der Waals surface area contributed by atoms with Gasteiger partial charge in [-0.3, -0.25) is 0 Å². The smallest absolute Gasteiger partial charge is 0.0486 e. The maximum absolute atomic E-state index is 2.32. The van der Waals surface area contributed by atoms with Crippen LogP contribution in [0.4, 0.5) is 0 Å². The van der Waals surface area contributed by atoms with Crippen LogP contribution in [0, 0.1) is 6.92 Å². The molecule has 0 aliphatic rings. The number of para-hydroxylation sites is 1. The van der Waals surface area contributed by atoms with Crippen molar-refractivity contribution in [2.45, 2.75) is 20.3 Å². The van der Waals surface area contributed by atoms with E-state index in [4.69, 9.17) is 0 Å². The highest BCUT2D eigenvalue weighted by molar-refractivity contribution is 5.98. The van der Waals surface area contributed by atoms with Gasteiger partial charge in [0.15, 0.2) is 0 Å². The van der Waals surface area contributed by atoms with Crippen molar-refractivity contribution in [2.24, 2.45) is 7.05 Å². The van der Waals surface area contributed by atoms with Crippen LogP contribution >= 0.6 is 0 Å². The highest BCUT2D eigenvalue weighted by atomic mass is 14.9. The fourth-order valence-electron chi connectivity index (χ4n) is 2.90. The van der Waals surface area contributed by atoms with Crippen molar-refractivity contribution in [2.75, 3.05) is 0 Å². The Balaban J connectivity index is 2.36. The summed E-state index contributed by atoms with van der Waals surface area (Å²) in [6, 6.07) is 17.5. The minimum Gasteiger partial charge on any atom is -0.347 e. The maximum atomic E-state index is 2.32. The van der Waals surface area contributed by atoms with Gasteiger partial charge in [0, 0.05) is 29.2 Å². The normalized spacial score (nSPS) is 11.1. The SMILES string of the molecule is CCc1c(-c2ccc(C)cc2)c2ccccc2n1C. The molecule has 1 heterocycles. The quantitative estimate of drug-likeness (QED) is 0.619. The third kappa shape index (κ3) is 1.86. The van der Waals surface area contributed by atoms with E-state index in [1.165, 1.54) is 33.3 Å². The molecule has 2 aromatic carbocycles. The lowest BCUT2D eigenvalue weighted by atomic mass is 10.00. The van der Waals surface area contributed by atoms with Crippen molar-refractivity contribution in [3.05, 3.63) is 59.8 Å². The fourth-order valence-corrected chi connectivity index (χ4v) is 2.90. The lowest BCUT2D eigenvalue weighted by Gasteiger charge is -2.06. The van der Waals surface area contributed by atoms with E-state index in [-0.39, 0.29) is 0 Å². The van der Waals surface area contributed by atoms with Crippen LogP contribution in [0.3, 0.4) is 0 Å². The second-order valence-electron chi connectivity index (χ2n) is 5.12. The first kappa shape index (κ1) is 12.0. The van der Waals surface area contributed by atoms with Gasteiger partial charge in [0.05, 0.1) is 0 Å². The second-order valence-corrected chi connectivity index (χ2v) is 5.12. The number of nitrogens with zero attached hydrogens (tertiary/aromatic N) is 1. The topological polar surface area (TPSA) is 4.93 Å². The van der Waals surface area contributed by atoms with Crippen LogP contribution in [0.1, 0.15) is 18.2 Å². The van der Waals surface area contributed by atoms with Crippen LogP contribution in [-0.2, 0) is 13.5 Å². The van der Waals surface area contributed by atoms with Gasteiger partial charge < -0.3 is 4.57 Å². The van der Waals surface area contributed by atoms with Crippen molar-refractivity contribution in [3.63, 3.8) is 0 Å². The van der Waals surface area contributed by atoms with Crippen LogP contribution in [0.15, 0.2) is 48.5 Å². The molecular weight excluding hydrogens is 230 g/mol. The van der Waals surface area contributed by atoms with E-state index in [1.54, 1.807) is 0 Å². The zero-order valence-electron chi connectivity index (χ0n) is 11.8. The summed E-state index contributed by atoms with van der Waals surface area (Å²) in [5.74, 6) is 0. The molecule has 0 spiro atoms. The molecule has 1 aromatic heterocycles. The lowest BCUT2D eigenvalue weighted by Crippen LogP contribution is -1.95. The Morgan fingerprint density at radius 3 is 2.32 bits per heavy atom. The highest BCUT2D eigenvalue weighted by Crippen LogP contribution is 2.34. The molecule has 0 saturated carbocycles. The van der Waals surface area contributed by atoms with Gasteiger partial charge in [0.1, 0.15) is 0 Å². The highest BCUT2D eigenvalue weighted by Gasteiger charge is 2.14. The van der Waals surface area contributed by atoms with Crippen molar-refractivity contribution in [3.8, 4) is 11.1 Å². The van der Waals surface area contributed by atoms with Gasteiger partial charge in [-0.1, -0.05) is 55.0 Å². The van der Waals surface area contributed by atoms with Crippen LogP contribution < -0.4 is 0 Å². The predicted molar refractivity (Wildman–Crippen MR) is 82.5 cm³/mol. The minimum absolute atomic E-state index is 1.05. The molecule has 19 heavy (non-hydrogen) atoms. The first-order chi connectivity index (χ1) is 9.22. The van der Waals surface area contributed by atoms with Gasteiger partial charge in [-0.2, -0.15) is 0 Å². The number of fused-ring (bicyclic) bond motifs is 1. The van der Waals surface area contributed by atoms with Gasteiger partial charge in [0.25, 0.3) is 0 Å². The Bertz CT molecular complexity index is 717. The molecule has 0 saturated heterocycles. The Labute approximate surface area is 114 Å². The third-order valence-corrected chi connectivity index (χ3v) is 3.90. The van der Waals surface area contributed by atoms with E-state index >= 15 is 0 Å². The number of aryl methyl sites for hydroxylation is 2. The maximum Gasteiger partial charge on any atom is 0.0486 e. The van der Waals surface area contributed by atoms with Crippen LogP contribution in [-0.4, -0.2) is 4.57 Å². The predicted octanol–water partition coefficient (Wildman–Crippen LogP) is 4.72. The molecule has 0 unspecified atom stereocenters. The van der Waals surface area contributed by atoms with Crippen molar-refractivity contribution >= 4 is 10.9 Å². The first-order valence-electron chi connectivity index (χ1n) is 6.85. The number of hydrogen-bond donors (Lipinski definition) is 0. The molecule has 0 aliphatic heterocycles. The van der Waals surface area contributed by atoms with Crippen molar-refractivity contribution < 1.29 is 0 Å². The van der Waals surface area contributed by atoms with Crippen LogP contribution in [0.5, 0.6) is 0 Å². The summed E-state index contributed by atoms with van der Waals surface area (Å²) in [7, 11) is 2.17. The minimum atomic E-state index is 1.05. The zero-order valence-corrected chi connectivity index (χ0v) is 11.8. The molecule has 3 aromatic rings. The summed E-state index contributed by atoms with van der Waals surface area (Å²) in [6.07, 6.45) is 1.05. The van der Waals surface area contributed by atoms with Gasteiger partial charge in [-0.25, -0.2) is 0 Å². The Hall–Kier alpha value is -2.02. The first-order valence-corrected chi connectivity index (χ1v) is 6.85. The summed E-state index contributed by atoms with van der Waals surface area (Å²) in [6.45, 7) is 4.36. The van der Waals surface area contributed by atoms with Crippen LogP contribution in [0.2, 0.25) is 0 Å². The molecule has 1 nitrogen and oxygen atoms in total. The Morgan fingerprint density at radius 1 is 0.947 bits per heavy atom. The summed E-state index contributed by atoms with van der Waals surface area (Å²) in [4.78, 5) is 0. The van der Waals surface area contributed by atoms with Gasteiger partial charge >= 0.3 is 0 Å². The molecule has 0 bridgehead atoms. The number of rotatable bonds is 2. The molecular formula is C18H19N. The van der Waals surface area contributed by atoms with Crippen LogP contribution in [0.25, 0.3) is 22.0 Å². The Morgan fingerprint density at radius 2 is 1.63 bits per heavy atom. The largest absolute Gasteiger partial charge is 0.347 e. The van der Waals surface area contributed by atoms with E-state index in [1.807, 2.05) is 0 Å². The molecule has 0 atom stereocenters. The monoisotopic (exact) mass is 249 g/mol. The molecule has 1 heteroatoms. The molecule has 0 radical (unpaired) electrons. The van der Waals surface area contributed by atoms with Gasteiger partial charge in [0.2, 0.25) is 0 Å². The second kappa shape index (κ2) is 4.58. The molecule has 0 aliphatic carbocycles. The number of hydrogen-bond acceptors (Lipinski definition) is 0. The lowest BCUT2D eigenvalue weighted by molar-refractivity contribution is 0.867. The Kier molecular flexibility index (Phi) is 2.90. The number of aromatic nitrogens is 1. The summed E-state index contributed by atoms with van der Waals surface area (Å²) >= 11 is 0. The average Bonchev–Trinajstić information content (AvgIpc) is 2.73. The molecule has 0 fully saturated rings. The third-order valence-electron chi connectivity index (χ3n) is 3.90. The molecule has 0 amide bonds. The average molecular weight is 249 g/mol. The fraction of sp³-hybridized carbons (Fsp3) is 0.222. The molecule has 3 rings (SSSR count). The summed E-state index contributed by atoms with van der Waals surface area (Å²) < 4.78 is 2.32. The van der Waals surface area contributed by atoms with Gasteiger partial charge in [-0.15, -0.1) is 0 Å². The molecule has 96 valence electrons. The van der Waals surface area contributed by atoms with E-state index in [0.29, 0.717) is 0 Å². The summed E-state index contributed by atoms with van der Waals surface area (Å²) in [5, 5.41) is 1.35. The van der Waals surface area contributed by atoms with E-state index in [9.17, 15) is 0 Å². The van der Waals surface area contributed by atoms with E-state index < -0.39 is 0 Å². The van der Waals surface area contributed by atoms with E-state index in [0.717, 1.165) is 6.42 Å².